The van der Waals surface area contributed by atoms with Gasteiger partial charge >= 0.3 is 0 Å². The molecule has 0 heterocycles. The van der Waals surface area contributed by atoms with Gasteiger partial charge in [-0.05, 0) is 18.8 Å². The van der Waals surface area contributed by atoms with Gasteiger partial charge in [0.25, 0.3) is 0 Å². The predicted molar refractivity (Wildman–Crippen MR) is 51.9 cm³/mol. The zero-order chi connectivity index (χ0) is 9.61. The second-order valence-corrected chi connectivity index (χ2v) is 3.82. The number of halogens is 1. The lowest BCUT2D eigenvalue weighted by molar-refractivity contribution is 0.122. The Morgan fingerprint density at radius 2 is 2.00 bits per heavy atom. The number of rotatable bonds is 6. The van der Waals surface area contributed by atoms with Gasteiger partial charge in [-0.3, -0.25) is 0 Å². The van der Waals surface area contributed by atoms with Crippen LogP contribution in [-0.2, 0) is 0 Å². The molecule has 0 aromatic heterocycles. The number of alkyl halides is 1. The summed E-state index contributed by atoms with van der Waals surface area (Å²) in [5.74, 6) is 0.449. The summed E-state index contributed by atoms with van der Waals surface area (Å²) in [4.78, 5) is 0. The monoisotopic (exact) mass is 175 g/mol. The van der Waals surface area contributed by atoms with Crippen molar-refractivity contribution in [1.82, 2.24) is 0 Å². The molecule has 0 bridgehead atoms. The summed E-state index contributed by atoms with van der Waals surface area (Å²) < 4.78 is 13.8. The van der Waals surface area contributed by atoms with Crippen molar-refractivity contribution in [3.05, 3.63) is 0 Å². The molecular weight excluding hydrogens is 153 g/mol. The summed E-state index contributed by atoms with van der Waals surface area (Å²) in [6.07, 6.45) is 3.14. The second-order valence-electron chi connectivity index (χ2n) is 3.82. The van der Waals surface area contributed by atoms with E-state index in [9.17, 15) is 4.39 Å². The second kappa shape index (κ2) is 5.52. The highest BCUT2D eigenvalue weighted by Crippen LogP contribution is 2.26. The molecule has 0 spiro atoms. The molecule has 0 aliphatic heterocycles. The molecule has 0 aromatic rings. The Kier molecular flexibility index (Phi) is 5.47. The van der Waals surface area contributed by atoms with E-state index in [0.29, 0.717) is 18.8 Å². The first-order chi connectivity index (χ1) is 5.58. The zero-order valence-corrected chi connectivity index (χ0v) is 8.57. The van der Waals surface area contributed by atoms with Crippen molar-refractivity contribution < 1.29 is 4.39 Å². The third-order valence-electron chi connectivity index (χ3n) is 2.48. The Bertz CT molecular complexity index is 116. The van der Waals surface area contributed by atoms with Crippen molar-refractivity contribution in [2.24, 2.45) is 11.7 Å². The quantitative estimate of drug-likeness (QED) is 0.660. The van der Waals surface area contributed by atoms with Gasteiger partial charge in [0.05, 0.1) is 0 Å². The predicted octanol–water partition coefficient (Wildman–Crippen LogP) is 2.89. The van der Waals surface area contributed by atoms with E-state index in [1.165, 1.54) is 0 Å². The fourth-order valence-electron chi connectivity index (χ4n) is 1.50. The molecule has 2 atom stereocenters. The SMILES string of the molecule is CCCC(F)(CN)CC(C)CC. The van der Waals surface area contributed by atoms with Crippen molar-refractivity contribution in [3.63, 3.8) is 0 Å². The summed E-state index contributed by atoms with van der Waals surface area (Å²) in [6, 6.07) is 0. The normalized spacial score (nSPS) is 18.8. The Balaban J connectivity index is 3.94. The molecule has 0 aliphatic rings. The zero-order valence-electron chi connectivity index (χ0n) is 8.57. The van der Waals surface area contributed by atoms with E-state index >= 15 is 0 Å². The van der Waals surface area contributed by atoms with Gasteiger partial charge < -0.3 is 5.73 Å². The van der Waals surface area contributed by atoms with E-state index in [1.807, 2.05) is 6.92 Å². The van der Waals surface area contributed by atoms with Crippen LogP contribution in [0, 0.1) is 5.92 Å². The first kappa shape index (κ1) is 11.9. The topological polar surface area (TPSA) is 26.0 Å². The fraction of sp³-hybridized carbons (Fsp3) is 1.00. The third kappa shape index (κ3) is 4.05. The van der Waals surface area contributed by atoms with Crippen molar-refractivity contribution in [2.75, 3.05) is 6.54 Å². The molecule has 0 radical (unpaired) electrons. The van der Waals surface area contributed by atoms with Gasteiger partial charge in [-0.2, -0.15) is 0 Å². The Labute approximate surface area is 75.5 Å². The van der Waals surface area contributed by atoms with Crippen molar-refractivity contribution in [3.8, 4) is 0 Å². The average molecular weight is 175 g/mol. The average Bonchev–Trinajstić information content (AvgIpc) is 2.05. The molecular formula is C10H22FN. The summed E-state index contributed by atoms with van der Waals surface area (Å²) in [6.45, 7) is 6.35. The summed E-state index contributed by atoms with van der Waals surface area (Å²) in [5, 5.41) is 0. The van der Waals surface area contributed by atoms with Gasteiger partial charge in [-0.25, -0.2) is 4.39 Å². The molecule has 0 amide bonds. The number of hydrogen-bond donors (Lipinski definition) is 1. The van der Waals surface area contributed by atoms with Crippen LogP contribution in [0.2, 0.25) is 0 Å². The van der Waals surface area contributed by atoms with Crippen LogP contribution in [0.1, 0.15) is 46.5 Å². The van der Waals surface area contributed by atoms with Gasteiger partial charge in [0.2, 0.25) is 0 Å². The summed E-state index contributed by atoms with van der Waals surface area (Å²) >= 11 is 0. The minimum absolute atomic E-state index is 0.172. The minimum atomic E-state index is -1.11. The van der Waals surface area contributed by atoms with Gasteiger partial charge in [0.1, 0.15) is 5.67 Å². The van der Waals surface area contributed by atoms with Gasteiger partial charge in [0, 0.05) is 6.54 Å². The Morgan fingerprint density at radius 1 is 1.42 bits per heavy atom. The van der Waals surface area contributed by atoms with E-state index in [0.717, 1.165) is 12.8 Å². The smallest absolute Gasteiger partial charge is 0.123 e. The highest BCUT2D eigenvalue weighted by atomic mass is 19.1. The first-order valence-corrected chi connectivity index (χ1v) is 4.97. The minimum Gasteiger partial charge on any atom is -0.328 e. The van der Waals surface area contributed by atoms with Crippen LogP contribution in [0.5, 0.6) is 0 Å². The van der Waals surface area contributed by atoms with Crippen LogP contribution in [-0.4, -0.2) is 12.2 Å². The summed E-state index contributed by atoms with van der Waals surface area (Å²) in [7, 11) is 0. The maximum absolute atomic E-state index is 13.8. The van der Waals surface area contributed by atoms with Crippen molar-refractivity contribution >= 4 is 0 Å². The molecule has 0 saturated carbocycles. The van der Waals surface area contributed by atoms with E-state index in [-0.39, 0.29) is 6.54 Å². The van der Waals surface area contributed by atoms with Crippen LogP contribution in [0.15, 0.2) is 0 Å². The largest absolute Gasteiger partial charge is 0.328 e. The van der Waals surface area contributed by atoms with Crippen LogP contribution in [0.4, 0.5) is 4.39 Å². The molecule has 0 aliphatic carbocycles. The lowest BCUT2D eigenvalue weighted by Crippen LogP contribution is -2.34. The standard InChI is InChI=1S/C10H22FN/c1-4-6-10(11,8-12)7-9(3)5-2/h9H,4-8,12H2,1-3H3. The molecule has 0 fully saturated rings. The molecule has 1 nitrogen and oxygen atoms in total. The molecule has 12 heavy (non-hydrogen) atoms. The Hall–Kier alpha value is -0.110. The number of nitrogens with two attached hydrogens (primary N) is 1. The van der Waals surface area contributed by atoms with Crippen LogP contribution < -0.4 is 5.73 Å². The van der Waals surface area contributed by atoms with Crippen molar-refractivity contribution in [2.45, 2.75) is 52.1 Å². The lowest BCUT2D eigenvalue weighted by Gasteiger charge is -2.25. The third-order valence-corrected chi connectivity index (χ3v) is 2.48. The molecule has 0 saturated heterocycles. The molecule has 2 N–H and O–H groups in total. The molecule has 0 rings (SSSR count). The van der Waals surface area contributed by atoms with Crippen LogP contribution in [0.25, 0.3) is 0 Å². The van der Waals surface area contributed by atoms with E-state index in [4.69, 9.17) is 5.73 Å². The van der Waals surface area contributed by atoms with E-state index in [1.54, 1.807) is 0 Å². The molecule has 2 unspecified atom stereocenters. The van der Waals surface area contributed by atoms with E-state index < -0.39 is 5.67 Å². The number of hydrogen-bond acceptors (Lipinski definition) is 1. The highest BCUT2D eigenvalue weighted by Gasteiger charge is 2.28. The molecule has 0 aromatic carbocycles. The van der Waals surface area contributed by atoms with Gasteiger partial charge in [0.15, 0.2) is 0 Å². The fourth-order valence-corrected chi connectivity index (χ4v) is 1.50. The maximum Gasteiger partial charge on any atom is 0.123 e. The van der Waals surface area contributed by atoms with E-state index in [2.05, 4.69) is 13.8 Å². The first-order valence-electron chi connectivity index (χ1n) is 4.97. The molecule has 74 valence electrons. The molecule has 2 heteroatoms. The van der Waals surface area contributed by atoms with Crippen LogP contribution in [0.3, 0.4) is 0 Å². The Morgan fingerprint density at radius 3 is 2.33 bits per heavy atom. The highest BCUT2D eigenvalue weighted by molar-refractivity contribution is 4.81. The van der Waals surface area contributed by atoms with Crippen molar-refractivity contribution in [1.29, 1.82) is 0 Å². The van der Waals surface area contributed by atoms with Gasteiger partial charge in [-0.15, -0.1) is 0 Å². The summed E-state index contributed by atoms with van der Waals surface area (Å²) in [5.41, 5.74) is 4.31. The lowest BCUT2D eigenvalue weighted by atomic mass is 9.88. The maximum atomic E-state index is 13.8. The van der Waals surface area contributed by atoms with Gasteiger partial charge in [-0.1, -0.05) is 33.6 Å². The van der Waals surface area contributed by atoms with Crippen LogP contribution >= 0.6 is 0 Å².